The number of aliphatic hydroxyl groups is 4. The second-order valence-electron chi connectivity index (χ2n) is 6.82. The van der Waals surface area contributed by atoms with Crippen molar-refractivity contribution in [2.24, 2.45) is 0 Å². The summed E-state index contributed by atoms with van der Waals surface area (Å²) in [7, 11) is 0. The standard InChI is InChI=1S/C19H21F3N2O6/c1-2-9-3-5-10(6-4-9)7-11-16(19(20,21)22)23-24-17(11)30-18-15(28)14(27)13(26)12(8-25)29-18/h2-6,12-15,18,25-28H,1,7-8H2,(H,23,24)/t12-,13-,14+,15-,18+/m1/s1. The van der Waals surface area contributed by atoms with Crippen molar-refractivity contribution in [2.75, 3.05) is 6.61 Å². The average Bonchev–Trinajstić information content (AvgIpc) is 3.11. The molecule has 1 aliphatic heterocycles. The Kier molecular flexibility index (Phi) is 6.48. The van der Waals surface area contributed by atoms with Gasteiger partial charge in [-0.25, -0.2) is 0 Å². The largest absolute Gasteiger partial charge is 0.443 e. The van der Waals surface area contributed by atoms with Gasteiger partial charge in [0.15, 0.2) is 0 Å². The monoisotopic (exact) mass is 430 g/mol. The van der Waals surface area contributed by atoms with Crippen molar-refractivity contribution in [2.45, 2.75) is 43.3 Å². The molecule has 1 saturated heterocycles. The van der Waals surface area contributed by atoms with Crippen LogP contribution in [0.2, 0.25) is 0 Å². The van der Waals surface area contributed by atoms with Crippen LogP contribution in [0.25, 0.3) is 6.08 Å². The van der Waals surface area contributed by atoms with Crippen molar-refractivity contribution >= 4 is 6.08 Å². The van der Waals surface area contributed by atoms with Crippen molar-refractivity contribution in [1.29, 1.82) is 0 Å². The highest BCUT2D eigenvalue weighted by Crippen LogP contribution is 2.36. The lowest BCUT2D eigenvalue weighted by atomic mass is 9.99. The molecule has 8 nitrogen and oxygen atoms in total. The predicted octanol–water partition coefficient (Wildman–Crippen LogP) is 0.841. The van der Waals surface area contributed by atoms with Gasteiger partial charge >= 0.3 is 6.18 Å². The van der Waals surface area contributed by atoms with Gasteiger partial charge in [-0.1, -0.05) is 36.9 Å². The summed E-state index contributed by atoms with van der Waals surface area (Å²) in [5.41, 5.74) is -0.133. The van der Waals surface area contributed by atoms with Crippen LogP contribution in [-0.4, -0.2) is 67.9 Å². The van der Waals surface area contributed by atoms with Crippen LogP contribution in [0.5, 0.6) is 5.88 Å². The van der Waals surface area contributed by atoms with Crippen molar-refractivity contribution < 1.29 is 43.1 Å². The Hall–Kier alpha value is -2.44. The number of halogens is 3. The summed E-state index contributed by atoms with van der Waals surface area (Å²) in [4.78, 5) is 0. The van der Waals surface area contributed by atoms with E-state index in [1.807, 2.05) is 5.10 Å². The van der Waals surface area contributed by atoms with Crippen LogP contribution in [0.4, 0.5) is 13.2 Å². The van der Waals surface area contributed by atoms with E-state index in [2.05, 4.69) is 11.7 Å². The molecule has 0 aliphatic carbocycles. The molecule has 1 aromatic heterocycles. The molecule has 0 bridgehead atoms. The zero-order chi connectivity index (χ0) is 22.1. The maximum atomic E-state index is 13.4. The fourth-order valence-electron chi connectivity index (χ4n) is 3.09. The number of aliphatic hydroxyl groups excluding tert-OH is 4. The first-order valence-electron chi connectivity index (χ1n) is 8.98. The Balaban J connectivity index is 1.90. The number of benzene rings is 1. The molecule has 0 radical (unpaired) electrons. The van der Waals surface area contributed by atoms with E-state index in [-0.39, 0.29) is 12.0 Å². The number of hydrogen-bond donors (Lipinski definition) is 5. The molecule has 1 fully saturated rings. The molecule has 5 atom stereocenters. The van der Waals surface area contributed by atoms with E-state index in [1.54, 1.807) is 30.3 Å². The van der Waals surface area contributed by atoms with Crippen LogP contribution in [0.3, 0.4) is 0 Å². The van der Waals surface area contributed by atoms with E-state index >= 15 is 0 Å². The first-order valence-corrected chi connectivity index (χ1v) is 8.98. The molecule has 2 aromatic rings. The SMILES string of the molecule is C=Cc1ccc(Cc2c(O[C@@H]3O[C@H](CO)[C@@H](O)[C@H](O)[C@H]3O)n[nH]c2C(F)(F)F)cc1. The molecule has 0 saturated carbocycles. The minimum atomic E-state index is -4.75. The van der Waals surface area contributed by atoms with E-state index in [4.69, 9.17) is 9.47 Å². The third-order valence-electron chi connectivity index (χ3n) is 4.79. The summed E-state index contributed by atoms with van der Waals surface area (Å²) in [6.07, 6.45) is -11.4. The van der Waals surface area contributed by atoms with E-state index in [0.29, 0.717) is 5.56 Å². The zero-order valence-corrected chi connectivity index (χ0v) is 15.6. The number of aromatic nitrogens is 2. The lowest BCUT2D eigenvalue weighted by molar-refractivity contribution is -0.278. The second kappa shape index (κ2) is 8.74. The van der Waals surface area contributed by atoms with Crippen LogP contribution in [0.15, 0.2) is 30.8 Å². The smallest absolute Gasteiger partial charge is 0.433 e. The van der Waals surface area contributed by atoms with Crippen LogP contribution < -0.4 is 4.74 Å². The van der Waals surface area contributed by atoms with E-state index in [0.717, 1.165) is 5.56 Å². The van der Waals surface area contributed by atoms with Gasteiger partial charge in [-0.05, 0) is 11.1 Å². The molecule has 3 rings (SSSR count). The van der Waals surface area contributed by atoms with Crippen molar-refractivity contribution in [3.8, 4) is 5.88 Å². The maximum Gasteiger partial charge on any atom is 0.433 e. The number of alkyl halides is 3. The normalized spacial score (nSPS) is 27.1. The van der Waals surface area contributed by atoms with Crippen LogP contribution in [0.1, 0.15) is 22.4 Å². The fraction of sp³-hybridized carbons (Fsp3) is 0.421. The molecule has 5 N–H and O–H groups in total. The molecular formula is C19H21F3N2O6. The van der Waals surface area contributed by atoms with Gasteiger partial charge in [0.1, 0.15) is 30.1 Å². The first kappa shape index (κ1) is 22.2. The number of H-pyrrole nitrogens is 1. The number of ether oxygens (including phenoxy) is 2. The summed E-state index contributed by atoms with van der Waals surface area (Å²) < 4.78 is 50.8. The molecule has 1 aromatic carbocycles. The van der Waals surface area contributed by atoms with E-state index in [1.165, 1.54) is 0 Å². The van der Waals surface area contributed by atoms with Gasteiger partial charge in [-0.15, -0.1) is 5.10 Å². The summed E-state index contributed by atoms with van der Waals surface area (Å²) in [6.45, 7) is 2.91. The molecule has 0 spiro atoms. The van der Waals surface area contributed by atoms with Gasteiger partial charge in [0.2, 0.25) is 12.2 Å². The van der Waals surface area contributed by atoms with E-state index in [9.17, 15) is 33.6 Å². The molecule has 2 heterocycles. The minimum absolute atomic E-state index is 0.199. The molecule has 11 heteroatoms. The topological polar surface area (TPSA) is 128 Å². The lowest BCUT2D eigenvalue weighted by Crippen LogP contribution is -2.60. The Bertz CT molecular complexity index is 868. The second-order valence-corrected chi connectivity index (χ2v) is 6.82. The fourth-order valence-corrected chi connectivity index (χ4v) is 3.09. The maximum absolute atomic E-state index is 13.4. The Morgan fingerprint density at radius 1 is 1.13 bits per heavy atom. The summed E-state index contributed by atoms with van der Waals surface area (Å²) in [6, 6.07) is 6.63. The summed E-state index contributed by atoms with van der Waals surface area (Å²) in [5.74, 6) is -0.487. The number of nitrogens with one attached hydrogen (secondary N) is 1. The molecular weight excluding hydrogens is 409 g/mol. The number of nitrogens with zero attached hydrogens (tertiary/aromatic N) is 1. The highest BCUT2D eigenvalue weighted by molar-refractivity contribution is 5.48. The third kappa shape index (κ3) is 4.50. The summed E-state index contributed by atoms with van der Waals surface area (Å²) >= 11 is 0. The van der Waals surface area contributed by atoms with Crippen LogP contribution >= 0.6 is 0 Å². The van der Waals surface area contributed by atoms with Crippen molar-refractivity contribution in [3.05, 3.63) is 53.2 Å². The quantitative estimate of drug-likeness (QED) is 0.460. The highest BCUT2D eigenvalue weighted by atomic mass is 19.4. The Morgan fingerprint density at radius 2 is 1.80 bits per heavy atom. The van der Waals surface area contributed by atoms with Gasteiger partial charge in [0, 0.05) is 6.42 Å². The molecule has 164 valence electrons. The number of rotatable bonds is 6. The summed E-state index contributed by atoms with van der Waals surface area (Å²) in [5, 5.41) is 44.4. The molecule has 0 unspecified atom stereocenters. The Labute approximate surface area is 169 Å². The lowest BCUT2D eigenvalue weighted by Gasteiger charge is -2.39. The van der Waals surface area contributed by atoms with Crippen LogP contribution in [-0.2, 0) is 17.3 Å². The molecule has 30 heavy (non-hydrogen) atoms. The van der Waals surface area contributed by atoms with Gasteiger partial charge < -0.3 is 29.9 Å². The van der Waals surface area contributed by atoms with E-state index < -0.39 is 55.1 Å². The zero-order valence-electron chi connectivity index (χ0n) is 15.6. The van der Waals surface area contributed by atoms with Gasteiger partial charge in [0.05, 0.1) is 12.2 Å². The number of aromatic amines is 1. The number of hydrogen-bond acceptors (Lipinski definition) is 7. The van der Waals surface area contributed by atoms with Crippen molar-refractivity contribution in [3.63, 3.8) is 0 Å². The van der Waals surface area contributed by atoms with Crippen molar-refractivity contribution in [1.82, 2.24) is 10.2 Å². The minimum Gasteiger partial charge on any atom is -0.443 e. The molecule has 1 aliphatic rings. The predicted molar refractivity (Wildman–Crippen MR) is 97.3 cm³/mol. The van der Waals surface area contributed by atoms with Gasteiger partial charge in [0.25, 0.3) is 0 Å². The van der Waals surface area contributed by atoms with Crippen LogP contribution in [0, 0.1) is 0 Å². The molecule has 0 amide bonds. The highest BCUT2D eigenvalue weighted by Gasteiger charge is 2.46. The average molecular weight is 430 g/mol. The van der Waals surface area contributed by atoms with Gasteiger partial charge in [-0.3, -0.25) is 5.10 Å². The first-order chi connectivity index (χ1) is 14.2. The Morgan fingerprint density at radius 3 is 2.37 bits per heavy atom. The third-order valence-corrected chi connectivity index (χ3v) is 4.79. The van der Waals surface area contributed by atoms with Gasteiger partial charge in [-0.2, -0.15) is 13.2 Å².